The lowest BCUT2D eigenvalue weighted by Crippen LogP contribution is -2.46. The average molecular weight is 637 g/mol. The first-order valence-electron chi connectivity index (χ1n) is 14.0. The van der Waals surface area contributed by atoms with Crippen molar-refractivity contribution in [1.82, 2.24) is 44.6 Å². The third-order valence-electron chi connectivity index (χ3n) is 8.48. The molecule has 1 amide bonds. The third-order valence-corrected chi connectivity index (χ3v) is 9.64. The number of carbonyl (C=O) groups excluding carboxylic acids is 1. The molecule has 2 fully saturated rings. The smallest absolute Gasteiger partial charge is 0.292 e. The van der Waals surface area contributed by atoms with Crippen LogP contribution in [0.2, 0.25) is 0 Å². The van der Waals surface area contributed by atoms with Crippen LogP contribution >= 0.6 is 0 Å². The Morgan fingerprint density at radius 1 is 1.07 bits per heavy atom. The minimum atomic E-state index is -3.84. The van der Waals surface area contributed by atoms with E-state index in [1.165, 1.54) is 48.7 Å². The zero-order chi connectivity index (χ0) is 31.6. The summed E-state index contributed by atoms with van der Waals surface area (Å²) in [5.41, 5.74) is 7.80. The number of nitrogens with one attached hydrogen (secondary N) is 1. The molecule has 2 aliphatic rings. The number of halogens is 2. The first kappa shape index (κ1) is 28.7. The Morgan fingerprint density at radius 2 is 1.78 bits per heavy atom. The molecule has 0 unspecified atom stereocenters. The van der Waals surface area contributed by atoms with Gasteiger partial charge in [0.15, 0.2) is 32.9 Å². The Balaban J connectivity index is 1.27. The molecule has 232 valence electrons. The molecule has 0 spiro atoms. The van der Waals surface area contributed by atoms with E-state index in [1.54, 1.807) is 4.90 Å². The van der Waals surface area contributed by atoms with Gasteiger partial charge in [0.2, 0.25) is 11.6 Å². The van der Waals surface area contributed by atoms with Gasteiger partial charge in [-0.15, -0.1) is 10.2 Å². The summed E-state index contributed by atoms with van der Waals surface area (Å²) in [6.07, 6.45) is 9.18. The molecule has 0 aliphatic carbocycles. The highest BCUT2D eigenvalue weighted by molar-refractivity contribution is 7.91. The van der Waals surface area contributed by atoms with Gasteiger partial charge >= 0.3 is 0 Å². The molecule has 0 saturated carbocycles. The number of rotatable bonds is 6. The van der Waals surface area contributed by atoms with E-state index < -0.39 is 21.5 Å². The maximum atomic E-state index is 14.7. The monoisotopic (exact) mass is 636 g/mol. The lowest BCUT2D eigenvalue weighted by molar-refractivity contribution is 0.0556. The van der Waals surface area contributed by atoms with Crippen molar-refractivity contribution in [1.29, 1.82) is 0 Å². The number of nitrogens with zero attached hydrogens (tertiary/aromatic N) is 8. The van der Waals surface area contributed by atoms with E-state index >= 15 is 0 Å². The van der Waals surface area contributed by atoms with Crippen LogP contribution in [0.4, 0.5) is 14.6 Å². The van der Waals surface area contributed by atoms with Gasteiger partial charge in [0, 0.05) is 47.8 Å². The summed E-state index contributed by atoms with van der Waals surface area (Å²) in [5.74, 6) is -3.09. The maximum Gasteiger partial charge on any atom is 0.292 e. The molecule has 2 saturated heterocycles. The van der Waals surface area contributed by atoms with Gasteiger partial charge in [0.25, 0.3) is 5.91 Å². The number of nitrogens with two attached hydrogens (primary N) is 1. The third kappa shape index (κ3) is 4.65. The Labute approximate surface area is 254 Å². The van der Waals surface area contributed by atoms with Crippen molar-refractivity contribution in [2.75, 3.05) is 19.1 Å². The van der Waals surface area contributed by atoms with E-state index in [9.17, 15) is 22.0 Å². The summed E-state index contributed by atoms with van der Waals surface area (Å²) in [6, 6.07) is 2.31. The molecular weight excluding hydrogens is 610 g/mol. The van der Waals surface area contributed by atoms with Gasteiger partial charge in [-0.25, -0.2) is 27.8 Å². The summed E-state index contributed by atoms with van der Waals surface area (Å²) < 4.78 is 61.2. The van der Waals surface area contributed by atoms with Gasteiger partial charge in [0.05, 0.1) is 24.6 Å². The van der Waals surface area contributed by atoms with Crippen LogP contribution in [0.5, 0.6) is 5.75 Å². The number of hydrogen-bond donors (Lipinski definition) is 2. The fourth-order valence-corrected chi connectivity index (χ4v) is 7.57. The van der Waals surface area contributed by atoms with Gasteiger partial charge in [-0.3, -0.25) is 4.79 Å². The van der Waals surface area contributed by atoms with E-state index in [4.69, 9.17) is 15.5 Å². The Kier molecular flexibility index (Phi) is 6.72. The largest absolute Gasteiger partial charge is 0.494 e. The Morgan fingerprint density at radius 3 is 2.40 bits per heavy atom. The number of methoxy groups -OCH3 is 1. The first-order chi connectivity index (χ1) is 21.6. The number of benzene rings is 1. The first-order valence-corrected chi connectivity index (χ1v) is 15.9. The molecule has 2 bridgehead atoms. The average Bonchev–Trinajstić information content (AvgIpc) is 3.76. The molecule has 0 radical (unpaired) electrons. The normalized spacial score (nSPS) is 19.7. The number of piperidine rings is 1. The van der Waals surface area contributed by atoms with E-state index in [0.29, 0.717) is 29.7 Å². The lowest BCUT2D eigenvalue weighted by Gasteiger charge is -2.38. The highest BCUT2D eigenvalue weighted by Crippen LogP contribution is 2.45. The molecular formula is C28H26F2N10O4S. The van der Waals surface area contributed by atoms with Crippen LogP contribution in [-0.2, 0) is 9.84 Å². The highest BCUT2D eigenvalue weighted by Gasteiger charge is 2.46. The van der Waals surface area contributed by atoms with Gasteiger partial charge in [-0.05, 0) is 37.8 Å². The molecule has 14 nitrogen and oxygen atoms in total. The van der Waals surface area contributed by atoms with Gasteiger partial charge in [0.1, 0.15) is 17.0 Å². The van der Waals surface area contributed by atoms with Crippen LogP contribution in [0, 0.1) is 11.6 Å². The van der Waals surface area contributed by atoms with Crippen molar-refractivity contribution < 1.29 is 26.7 Å². The summed E-state index contributed by atoms with van der Waals surface area (Å²) in [7, 11) is -2.61. The number of amides is 1. The molecule has 17 heteroatoms. The van der Waals surface area contributed by atoms with E-state index in [-0.39, 0.29) is 63.2 Å². The van der Waals surface area contributed by atoms with E-state index in [1.807, 2.05) is 0 Å². The minimum absolute atomic E-state index is 0.0519. The zero-order valence-corrected chi connectivity index (χ0v) is 24.8. The fraction of sp³-hybridized carbons (Fsp3) is 0.321. The number of anilines is 1. The van der Waals surface area contributed by atoms with Crippen LogP contribution < -0.4 is 10.5 Å². The van der Waals surface area contributed by atoms with Crippen molar-refractivity contribution in [3.63, 3.8) is 0 Å². The van der Waals surface area contributed by atoms with Gasteiger partial charge < -0.3 is 20.4 Å². The second-order valence-corrected chi connectivity index (χ2v) is 13.1. The standard InChI is InChI=1S/C28H26F2N10O4S/c1-44-19-6-5-17(20(29)21(19)30)25-32-9-14(10-33-25)18-11-36-40-24(31)23(45(2,42)43)22(37-27(18)40)13-7-15-3-4-16(8-13)39(15)28(41)26-34-12-35-38-26/h5-6,9-13,15-16H,3-4,7-8,31H2,1-2H3,(H,34,35,38)/t13-,15-,16+. The number of aromatic nitrogens is 8. The SMILES string of the molecule is COc1ccc(-c2ncc(-c3cnn4c(N)c(S(C)(=O)=O)c([C@@H]5C[C@H]6CC[C@@H](C5)N6C(=O)c5nnc[nH]5)nc34)cn2)c(F)c1F. The number of sulfone groups is 1. The molecule has 6 heterocycles. The van der Waals surface area contributed by atoms with Crippen molar-refractivity contribution in [3.8, 4) is 28.3 Å². The molecule has 3 atom stereocenters. The fourth-order valence-electron chi connectivity index (χ4n) is 6.51. The van der Waals surface area contributed by atoms with Crippen molar-refractivity contribution >= 4 is 27.2 Å². The Bertz CT molecular complexity index is 2060. The van der Waals surface area contributed by atoms with Crippen molar-refractivity contribution in [2.45, 2.75) is 48.6 Å². The second-order valence-electron chi connectivity index (χ2n) is 11.1. The number of fused-ring (bicyclic) bond motifs is 3. The minimum Gasteiger partial charge on any atom is -0.494 e. The lowest BCUT2D eigenvalue weighted by atomic mass is 9.87. The van der Waals surface area contributed by atoms with Gasteiger partial charge in [-0.1, -0.05) is 0 Å². The quantitative estimate of drug-likeness (QED) is 0.279. The molecule has 5 aromatic rings. The number of carbonyl (C=O) groups is 1. The molecule has 2 aliphatic heterocycles. The number of aromatic amines is 1. The maximum absolute atomic E-state index is 14.7. The summed E-state index contributed by atoms with van der Waals surface area (Å²) in [6.45, 7) is 0. The zero-order valence-electron chi connectivity index (χ0n) is 24.0. The summed E-state index contributed by atoms with van der Waals surface area (Å²) >= 11 is 0. The van der Waals surface area contributed by atoms with E-state index in [0.717, 1.165) is 19.1 Å². The predicted octanol–water partition coefficient (Wildman–Crippen LogP) is 2.79. The predicted molar refractivity (Wildman–Crippen MR) is 155 cm³/mol. The number of nitrogen functional groups attached to an aromatic ring is 1. The van der Waals surface area contributed by atoms with Crippen molar-refractivity contribution in [3.05, 3.63) is 60.2 Å². The van der Waals surface area contributed by atoms with Crippen LogP contribution in [0.3, 0.4) is 0 Å². The molecule has 1 aromatic carbocycles. The van der Waals surface area contributed by atoms with Crippen LogP contribution in [0.1, 0.15) is 47.9 Å². The van der Waals surface area contributed by atoms with E-state index in [2.05, 4.69) is 30.2 Å². The van der Waals surface area contributed by atoms with Crippen LogP contribution in [0.25, 0.3) is 28.2 Å². The number of ether oxygens (including phenoxy) is 1. The topological polar surface area (TPSA) is 187 Å². The molecule has 3 N–H and O–H groups in total. The van der Waals surface area contributed by atoms with Gasteiger partial charge in [-0.2, -0.15) is 14.0 Å². The van der Waals surface area contributed by atoms with Crippen molar-refractivity contribution in [2.24, 2.45) is 0 Å². The number of H-pyrrole nitrogens is 1. The number of hydrogen-bond acceptors (Lipinski definition) is 11. The Hall–Kier alpha value is -5.06. The highest BCUT2D eigenvalue weighted by atomic mass is 32.2. The summed E-state index contributed by atoms with van der Waals surface area (Å²) in [4.78, 5) is 30.9. The molecule has 7 rings (SSSR count). The van der Waals surface area contributed by atoms with Crippen LogP contribution in [-0.4, -0.2) is 84.4 Å². The summed E-state index contributed by atoms with van der Waals surface area (Å²) in [5, 5.41) is 11.9. The molecule has 4 aromatic heterocycles. The van der Waals surface area contributed by atoms with Crippen LogP contribution in [0.15, 0.2) is 41.9 Å². The molecule has 45 heavy (non-hydrogen) atoms. The second kappa shape index (κ2) is 10.5.